The van der Waals surface area contributed by atoms with Gasteiger partial charge in [-0.05, 0) is 24.1 Å². The number of hydrogen-bond acceptors (Lipinski definition) is 2. The number of hydrogen-bond donors (Lipinski definition) is 2. The lowest BCUT2D eigenvalue weighted by atomic mass is 10.0. The molecule has 1 amide bonds. The average Bonchev–Trinajstić information content (AvgIpc) is 2.30. The Morgan fingerprint density at radius 3 is 2.47 bits per heavy atom. The van der Waals surface area contributed by atoms with Crippen molar-refractivity contribution < 1.29 is 4.79 Å². The van der Waals surface area contributed by atoms with Gasteiger partial charge in [-0.15, -0.1) is 0 Å². The Labute approximate surface area is 104 Å². The highest BCUT2D eigenvalue weighted by Crippen LogP contribution is 2.16. The van der Waals surface area contributed by atoms with Crippen LogP contribution in [0, 0.1) is 5.92 Å². The van der Waals surface area contributed by atoms with Crippen LogP contribution < -0.4 is 10.6 Å². The van der Waals surface area contributed by atoms with E-state index in [1.165, 1.54) is 19.8 Å². The van der Waals surface area contributed by atoms with Crippen LogP contribution in [0.5, 0.6) is 0 Å². The Balaban J connectivity index is 2.56. The summed E-state index contributed by atoms with van der Waals surface area (Å²) < 4.78 is 0. The molecule has 3 heteroatoms. The number of benzene rings is 1. The highest BCUT2D eigenvalue weighted by Gasteiger charge is 2.03. The molecule has 1 aromatic rings. The van der Waals surface area contributed by atoms with Crippen LogP contribution in [0.2, 0.25) is 0 Å². The maximum Gasteiger partial charge on any atom is 0.221 e. The van der Waals surface area contributed by atoms with E-state index in [-0.39, 0.29) is 5.91 Å². The summed E-state index contributed by atoms with van der Waals surface area (Å²) in [4.78, 5) is 11.0. The van der Waals surface area contributed by atoms with Gasteiger partial charge in [0.15, 0.2) is 0 Å². The van der Waals surface area contributed by atoms with E-state index in [0.29, 0.717) is 5.92 Å². The van der Waals surface area contributed by atoms with Crippen molar-refractivity contribution in [3.8, 4) is 0 Å². The molecule has 0 radical (unpaired) electrons. The maximum atomic E-state index is 11.0. The average molecular weight is 234 g/mol. The molecule has 0 bridgehead atoms. The van der Waals surface area contributed by atoms with Gasteiger partial charge in [-0.2, -0.15) is 0 Å². The van der Waals surface area contributed by atoms with E-state index in [0.717, 1.165) is 17.9 Å². The third kappa shape index (κ3) is 4.89. The molecule has 0 spiro atoms. The predicted octanol–water partition coefficient (Wildman–Crippen LogP) is 3.49. The molecule has 0 saturated carbocycles. The van der Waals surface area contributed by atoms with E-state index in [1.807, 2.05) is 24.3 Å². The van der Waals surface area contributed by atoms with Crippen molar-refractivity contribution in [3.05, 3.63) is 24.3 Å². The quantitative estimate of drug-likeness (QED) is 0.791. The van der Waals surface area contributed by atoms with Crippen LogP contribution in [0.25, 0.3) is 0 Å². The van der Waals surface area contributed by atoms with Crippen molar-refractivity contribution in [3.63, 3.8) is 0 Å². The number of nitrogens with one attached hydrogen (secondary N) is 2. The Morgan fingerprint density at radius 1 is 1.24 bits per heavy atom. The molecule has 3 nitrogen and oxygen atoms in total. The molecular weight excluding hydrogens is 212 g/mol. The van der Waals surface area contributed by atoms with Gasteiger partial charge in [0.05, 0.1) is 0 Å². The van der Waals surface area contributed by atoms with Gasteiger partial charge in [0.25, 0.3) is 0 Å². The molecule has 0 aromatic heterocycles. The number of amides is 1. The minimum absolute atomic E-state index is 0.0397. The van der Waals surface area contributed by atoms with Gasteiger partial charge in [0.1, 0.15) is 0 Å². The number of anilines is 2. The summed E-state index contributed by atoms with van der Waals surface area (Å²) in [5.41, 5.74) is 1.90. The van der Waals surface area contributed by atoms with Crippen molar-refractivity contribution in [1.82, 2.24) is 0 Å². The van der Waals surface area contributed by atoms with Crippen molar-refractivity contribution in [2.75, 3.05) is 17.2 Å². The highest BCUT2D eigenvalue weighted by atomic mass is 16.1. The molecule has 2 N–H and O–H groups in total. The minimum Gasteiger partial charge on any atom is -0.385 e. The zero-order valence-corrected chi connectivity index (χ0v) is 10.9. The molecule has 0 unspecified atom stereocenters. The van der Waals surface area contributed by atoms with E-state index >= 15 is 0 Å². The van der Waals surface area contributed by atoms with Gasteiger partial charge < -0.3 is 10.6 Å². The first kappa shape index (κ1) is 13.6. The summed E-state index contributed by atoms with van der Waals surface area (Å²) in [5, 5.41) is 6.19. The maximum absolute atomic E-state index is 11.0. The van der Waals surface area contributed by atoms with E-state index in [4.69, 9.17) is 0 Å². The summed E-state index contributed by atoms with van der Waals surface area (Å²) in [6, 6.07) is 7.82. The lowest BCUT2D eigenvalue weighted by Gasteiger charge is -2.14. The molecular formula is C14H22N2O. The summed E-state index contributed by atoms with van der Waals surface area (Å²) in [5.74, 6) is 0.668. The second-order valence-electron chi connectivity index (χ2n) is 4.33. The molecule has 0 heterocycles. The fraction of sp³-hybridized carbons (Fsp3) is 0.500. The topological polar surface area (TPSA) is 41.1 Å². The molecule has 0 fully saturated rings. The van der Waals surface area contributed by atoms with Crippen LogP contribution in [-0.4, -0.2) is 12.5 Å². The summed E-state index contributed by atoms with van der Waals surface area (Å²) in [7, 11) is 0. The largest absolute Gasteiger partial charge is 0.385 e. The third-order valence-electron chi connectivity index (χ3n) is 2.93. The van der Waals surface area contributed by atoms with Gasteiger partial charge in [-0.3, -0.25) is 4.79 Å². The SMILES string of the molecule is CCC(CC)CNc1cccc(NC(C)=O)c1. The first-order valence-electron chi connectivity index (χ1n) is 6.27. The molecule has 0 saturated heterocycles. The number of carbonyl (C=O) groups is 1. The second-order valence-corrected chi connectivity index (χ2v) is 4.33. The third-order valence-corrected chi connectivity index (χ3v) is 2.93. The Bertz CT molecular complexity index is 359. The first-order chi connectivity index (χ1) is 8.15. The van der Waals surface area contributed by atoms with E-state index in [9.17, 15) is 4.79 Å². The minimum atomic E-state index is -0.0397. The molecule has 17 heavy (non-hydrogen) atoms. The molecule has 0 atom stereocenters. The van der Waals surface area contributed by atoms with Crippen molar-refractivity contribution in [2.45, 2.75) is 33.6 Å². The first-order valence-corrected chi connectivity index (χ1v) is 6.27. The fourth-order valence-electron chi connectivity index (χ4n) is 1.75. The molecule has 1 rings (SSSR count). The highest BCUT2D eigenvalue weighted by molar-refractivity contribution is 5.89. The standard InChI is InChI=1S/C14H22N2O/c1-4-12(5-2)10-15-13-7-6-8-14(9-13)16-11(3)17/h6-9,12,15H,4-5,10H2,1-3H3,(H,16,17). The zero-order chi connectivity index (χ0) is 12.7. The summed E-state index contributed by atoms with van der Waals surface area (Å²) in [6.07, 6.45) is 2.38. The molecule has 0 aliphatic carbocycles. The zero-order valence-electron chi connectivity index (χ0n) is 10.9. The molecule has 0 aliphatic heterocycles. The normalized spacial score (nSPS) is 10.4. The van der Waals surface area contributed by atoms with Crippen LogP contribution in [0.3, 0.4) is 0 Å². The summed E-state index contributed by atoms with van der Waals surface area (Å²) >= 11 is 0. The van der Waals surface area contributed by atoms with Crippen LogP contribution >= 0.6 is 0 Å². The number of carbonyl (C=O) groups excluding carboxylic acids is 1. The van der Waals surface area contributed by atoms with Gasteiger partial charge in [0, 0.05) is 24.8 Å². The van der Waals surface area contributed by atoms with Gasteiger partial charge >= 0.3 is 0 Å². The number of rotatable bonds is 6. The van der Waals surface area contributed by atoms with Gasteiger partial charge in [-0.25, -0.2) is 0 Å². The predicted molar refractivity (Wildman–Crippen MR) is 73.3 cm³/mol. The lowest BCUT2D eigenvalue weighted by molar-refractivity contribution is -0.114. The second kappa shape index (κ2) is 6.94. The molecule has 0 aliphatic rings. The Morgan fingerprint density at radius 2 is 1.88 bits per heavy atom. The van der Waals surface area contributed by atoms with Crippen molar-refractivity contribution >= 4 is 17.3 Å². The van der Waals surface area contributed by atoms with Crippen LogP contribution in [-0.2, 0) is 4.79 Å². The summed E-state index contributed by atoms with van der Waals surface area (Å²) in [6.45, 7) is 6.92. The van der Waals surface area contributed by atoms with Gasteiger partial charge in [-0.1, -0.05) is 32.8 Å². The van der Waals surface area contributed by atoms with E-state index in [1.54, 1.807) is 0 Å². The van der Waals surface area contributed by atoms with Crippen LogP contribution in [0.1, 0.15) is 33.6 Å². The molecule has 94 valence electrons. The monoisotopic (exact) mass is 234 g/mol. The molecule has 1 aromatic carbocycles. The van der Waals surface area contributed by atoms with Crippen LogP contribution in [0.15, 0.2) is 24.3 Å². The van der Waals surface area contributed by atoms with Gasteiger partial charge in [0.2, 0.25) is 5.91 Å². The van der Waals surface area contributed by atoms with E-state index in [2.05, 4.69) is 24.5 Å². The fourth-order valence-corrected chi connectivity index (χ4v) is 1.75. The van der Waals surface area contributed by atoms with E-state index < -0.39 is 0 Å². The van der Waals surface area contributed by atoms with Crippen LogP contribution in [0.4, 0.5) is 11.4 Å². The lowest BCUT2D eigenvalue weighted by Crippen LogP contribution is -2.13. The van der Waals surface area contributed by atoms with Crippen molar-refractivity contribution in [2.24, 2.45) is 5.92 Å². The Kier molecular flexibility index (Phi) is 5.53. The Hall–Kier alpha value is -1.51. The van der Waals surface area contributed by atoms with Crippen molar-refractivity contribution in [1.29, 1.82) is 0 Å². The smallest absolute Gasteiger partial charge is 0.221 e.